The first-order valence-electron chi connectivity index (χ1n) is 7.33. The van der Waals surface area contributed by atoms with Crippen LogP contribution in [0, 0.1) is 0 Å². The topological polar surface area (TPSA) is 75.7 Å². The number of hydrogen-bond acceptors (Lipinski definition) is 4. The zero-order valence-corrected chi connectivity index (χ0v) is 13.7. The summed E-state index contributed by atoms with van der Waals surface area (Å²) in [7, 11) is -3.20. The Bertz CT molecular complexity index is 595. The first kappa shape index (κ1) is 16.8. The number of likely N-dealkylation sites (tertiary alicyclic amines) is 1. The molecular weight excluding hydrogens is 304 g/mol. The molecule has 2 rings (SSSR count). The van der Waals surface area contributed by atoms with Crippen LogP contribution in [-0.4, -0.2) is 50.7 Å². The summed E-state index contributed by atoms with van der Waals surface area (Å²) in [6.07, 6.45) is 1.84. The number of para-hydroxylation sites is 1. The predicted molar refractivity (Wildman–Crippen MR) is 84.1 cm³/mol. The molecule has 0 saturated carbocycles. The second kappa shape index (κ2) is 7.11. The number of benzene rings is 1. The number of hydrogen-bond donors (Lipinski definition) is 1. The van der Waals surface area contributed by atoms with Gasteiger partial charge in [0.1, 0.15) is 5.75 Å². The van der Waals surface area contributed by atoms with Crippen LogP contribution in [0.5, 0.6) is 5.75 Å². The van der Waals surface area contributed by atoms with Crippen molar-refractivity contribution in [3.05, 3.63) is 30.3 Å². The summed E-state index contributed by atoms with van der Waals surface area (Å²) in [5.41, 5.74) is 0. The molecule has 22 heavy (non-hydrogen) atoms. The fourth-order valence-corrected chi connectivity index (χ4v) is 3.37. The quantitative estimate of drug-likeness (QED) is 0.876. The number of sulfonamides is 1. The summed E-state index contributed by atoms with van der Waals surface area (Å²) < 4.78 is 30.7. The van der Waals surface area contributed by atoms with E-state index < -0.39 is 16.1 Å². The van der Waals surface area contributed by atoms with Gasteiger partial charge in [0, 0.05) is 19.1 Å². The molecule has 0 aromatic heterocycles. The van der Waals surface area contributed by atoms with Crippen LogP contribution in [0.2, 0.25) is 0 Å². The van der Waals surface area contributed by atoms with Gasteiger partial charge in [0.2, 0.25) is 10.0 Å². The van der Waals surface area contributed by atoms with Crippen LogP contribution in [0.25, 0.3) is 0 Å². The van der Waals surface area contributed by atoms with Gasteiger partial charge >= 0.3 is 0 Å². The molecule has 6 nitrogen and oxygen atoms in total. The van der Waals surface area contributed by atoms with E-state index >= 15 is 0 Å². The predicted octanol–water partition coefficient (Wildman–Crippen LogP) is 0.994. The second-order valence-electron chi connectivity index (χ2n) is 5.56. The minimum Gasteiger partial charge on any atom is -0.481 e. The van der Waals surface area contributed by atoms with Crippen LogP contribution < -0.4 is 9.46 Å². The number of nitrogens with one attached hydrogen (secondary N) is 1. The largest absolute Gasteiger partial charge is 0.481 e. The van der Waals surface area contributed by atoms with Gasteiger partial charge in [-0.3, -0.25) is 4.79 Å². The normalized spacial score (nSPS) is 18.0. The molecule has 0 radical (unpaired) electrons. The molecule has 0 bridgehead atoms. The number of rotatable bonds is 5. The number of carbonyl (C=O) groups is 1. The lowest BCUT2D eigenvalue weighted by Crippen LogP contribution is -2.49. The summed E-state index contributed by atoms with van der Waals surface area (Å²) in [5, 5.41) is 0. The van der Waals surface area contributed by atoms with Gasteiger partial charge in [-0.15, -0.1) is 0 Å². The Labute approximate surface area is 131 Å². The Morgan fingerprint density at radius 3 is 2.41 bits per heavy atom. The van der Waals surface area contributed by atoms with Crippen LogP contribution in [0.4, 0.5) is 0 Å². The molecule has 122 valence electrons. The first-order valence-corrected chi connectivity index (χ1v) is 9.22. The van der Waals surface area contributed by atoms with Crippen LogP contribution in [0.1, 0.15) is 19.8 Å². The molecular formula is C15H22N2O4S. The Morgan fingerprint density at radius 1 is 1.27 bits per heavy atom. The van der Waals surface area contributed by atoms with E-state index in [4.69, 9.17) is 4.74 Å². The van der Waals surface area contributed by atoms with Crippen molar-refractivity contribution in [3.63, 3.8) is 0 Å². The lowest BCUT2D eigenvalue weighted by Gasteiger charge is -2.33. The van der Waals surface area contributed by atoms with E-state index in [2.05, 4.69) is 4.72 Å². The SMILES string of the molecule is C[C@H](Oc1ccccc1)C(=O)N1CCC(NS(C)(=O)=O)CC1. The lowest BCUT2D eigenvalue weighted by molar-refractivity contribution is -0.139. The molecule has 1 atom stereocenters. The summed E-state index contributed by atoms with van der Waals surface area (Å²) in [6.45, 7) is 2.80. The summed E-state index contributed by atoms with van der Waals surface area (Å²) in [4.78, 5) is 14.1. The third-order valence-electron chi connectivity index (χ3n) is 3.59. The lowest BCUT2D eigenvalue weighted by atomic mass is 10.1. The zero-order chi connectivity index (χ0) is 16.2. The molecule has 0 spiro atoms. The highest BCUT2D eigenvalue weighted by Gasteiger charge is 2.28. The third kappa shape index (κ3) is 4.99. The van der Waals surface area contributed by atoms with Crippen molar-refractivity contribution in [2.75, 3.05) is 19.3 Å². The molecule has 0 aliphatic carbocycles. The first-order chi connectivity index (χ1) is 10.3. The van der Waals surface area contributed by atoms with Gasteiger partial charge < -0.3 is 9.64 Å². The fraction of sp³-hybridized carbons (Fsp3) is 0.533. The van der Waals surface area contributed by atoms with E-state index in [1.165, 1.54) is 0 Å². The molecule has 1 heterocycles. The maximum Gasteiger partial charge on any atom is 0.263 e. The van der Waals surface area contributed by atoms with Crippen LogP contribution >= 0.6 is 0 Å². The minimum absolute atomic E-state index is 0.0679. The monoisotopic (exact) mass is 326 g/mol. The number of piperidine rings is 1. The van der Waals surface area contributed by atoms with Gasteiger partial charge in [0.15, 0.2) is 6.10 Å². The van der Waals surface area contributed by atoms with Gasteiger partial charge in [0.05, 0.1) is 6.26 Å². The zero-order valence-electron chi connectivity index (χ0n) is 12.9. The molecule has 1 amide bonds. The smallest absolute Gasteiger partial charge is 0.263 e. The van der Waals surface area contributed by atoms with Gasteiger partial charge in [0.25, 0.3) is 5.91 Å². The molecule has 1 aromatic rings. The Balaban J connectivity index is 1.84. The van der Waals surface area contributed by atoms with Gasteiger partial charge in [-0.2, -0.15) is 0 Å². The number of ether oxygens (including phenoxy) is 1. The highest BCUT2D eigenvalue weighted by atomic mass is 32.2. The Kier molecular flexibility index (Phi) is 5.42. The van der Waals surface area contributed by atoms with E-state index in [1.807, 2.05) is 30.3 Å². The van der Waals surface area contributed by atoms with Crippen molar-refractivity contribution in [1.29, 1.82) is 0 Å². The van der Waals surface area contributed by atoms with Gasteiger partial charge in [-0.1, -0.05) is 18.2 Å². The average Bonchev–Trinajstić information content (AvgIpc) is 2.46. The van der Waals surface area contributed by atoms with Crippen LogP contribution in [0.15, 0.2) is 30.3 Å². The highest BCUT2D eigenvalue weighted by molar-refractivity contribution is 7.88. The van der Waals surface area contributed by atoms with Crippen molar-refractivity contribution in [2.45, 2.75) is 31.9 Å². The molecule has 1 N–H and O–H groups in total. The Hall–Kier alpha value is -1.60. The molecule has 1 aromatic carbocycles. The average molecular weight is 326 g/mol. The van der Waals surface area contributed by atoms with E-state index in [0.29, 0.717) is 31.7 Å². The van der Waals surface area contributed by atoms with Crippen LogP contribution in [-0.2, 0) is 14.8 Å². The van der Waals surface area contributed by atoms with Gasteiger partial charge in [-0.05, 0) is 31.9 Å². The van der Waals surface area contributed by atoms with Crippen molar-refractivity contribution in [3.8, 4) is 5.75 Å². The second-order valence-corrected chi connectivity index (χ2v) is 7.34. The highest BCUT2D eigenvalue weighted by Crippen LogP contribution is 2.15. The van der Waals surface area contributed by atoms with Crippen molar-refractivity contribution in [2.24, 2.45) is 0 Å². The number of amides is 1. The maximum atomic E-state index is 12.4. The number of nitrogens with zero attached hydrogens (tertiary/aromatic N) is 1. The summed E-state index contributed by atoms with van der Waals surface area (Å²) in [5.74, 6) is 0.596. The van der Waals surface area contributed by atoms with Crippen LogP contribution in [0.3, 0.4) is 0 Å². The van der Waals surface area contributed by atoms with E-state index in [0.717, 1.165) is 6.26 Å². The third-order valence-corrected chi connectivity index (χ3v) is 4.35. The maximum absolute atomic E-state index is 12.4. The van der Waals surface area contributed by atoms with E-state index in [1.54, 1.807) is 11.8 Å². The van der Waals surface area contributed by atoms with Crippen molar-refractivity contribution < 1.29 is 17.9 Å². The van der Waals surface area contributed by atoms with Crippen molar-refractivity contribution >= 4 is 15.9 Å². The molecule has 1 aliphatic heterocycles. The summed E-state index contributed by atoms with van der Waals surface area (Å²) in [6, 6.07) is 9.13. The fourth-order valence-electron chi connectivity index (χ4n) is 2.53. The molecule has 0 unspecified atom stereocenters. The van der Waals surface area contributed by atoms with E-state index in [9.17, 15) is 13.2 Å². The van der Waals surface area contributed by atoms with Gasteiger partial charge in [-0.25, -0.2) is 13.1 Å². The minimum atomic E-state index is -3.20. The van der Waals surface area contributed by atoms with E-state index in [-0.39, 0.29) is 11.9 Å². The van der Waals surface area contributed by atoms with Crippen molar-refractivity contribution in [1.82, 2.24) is 9.62 Å². The molecule has 1 aliphatic rings. The summed E-state index contributed by atoms with van der Waals surface area (Å²) >= 11 is 0. The Morgan fingerprint density at radius 2 is 1.86 bits per heavy atom. The standard InChI is InChI=1S/C15H22N2O4S/c1-12(21-14-6-4-3-5-7-14)15(18)17-10-8-13(9-11-17)16-22(2,19)20/h3-7,12-13,16H,8-11H2,1-2H3/t12-/m0/s1. The molecule has 1 saturated heterocycles. The molecule has 1 fully saturated rings. The number of carbonyl (C=O) groups excluding carboxylic acids is 1. The molecule has 7 heteroatoms.